The zero-order valence-corrected chi connectivity index (χ0v) is 35.7. The van der Waals surface area contributed by atoms with E-state index in [0.717, 1.165) is 11.4 Å². The molecule has 1 heterocycles. The number of thiophene rings is 1. The monoisotopic (exact) mass is 829 g/mol. The minimum atomic E-state index is -0.532. The lowest BCUT2D eigenvalue weighted by molar-refractivity contribution is 0.768. The molecule has 0 atom stereocenters. The average molecular weight is 830 g/mol. The number of fused-ring (bicyclic) bond motifs is 16. The van der Waals surface area contributed by atoms with Crippen LogP contribution in [0, 0.1) is 0 Å². The van der Waals surface area contributed by atoms with Crippen molar-refractivity contribution in [3.05, 3.63) is 281 Å². The molecule has 0 saturated carbocycles. The van der Waals surface area contributed by atoms with E-state index in [0.29, 0.717) is 0 Å². The number of anilines is 3. The first kappa shape index (κ1) is 35.8. The van der Waals surface area contributed by atoms with Crippen LogP contribution in [-0.4, -0.2) is 0 Å². The number of rotatable bonds is 5. The molecule has 3 aliphatic rings. The maximum Gasteiger partial charge on any atom is 0.0726 e. The van der Waals surface area contributed by atoms with E-state index in [2.05, 4.69) is 241 Å². The molecule has 3 aliphatic carbocycles. The van der Waals surface area contributed by atoms with E-state index in [-0.39, 0.29) is 0 Å². The lowest BCUT2D eigenvalue weighted by Gasteiger charge is -2.35. The number of hydrogen-bond acceptors (Lipinski definition) is 2. The predicted molar refractivity (Wildman–Crippen MR) is 268 cm³/mol. The molecule has 0 saturated heterocycles. The van der Waals surface area contributed by atoms with Gasteiger partial charge < -0.3 is 4.90 Å². The first-order valence-corrected chi connectivity index (χ1v) is 23.1. The fourth-order valence-electron chi connectivity index (χ4n) is 12.2. The van der Waals surface area contributed by atoms with Crippen molar-refractivity contribution < 1.29 is 0 Å². The lowest BCUT2D eigenvalue weighted by Crippen LogP contribution is -2.28. The van der Waals surface area contributed by atoms with Gasteiger partial charge in [-0.2, -0.15) is 0 Å². The molecule has 0 radical (unpaired) electrons. The second-order valence-electron chi connectivity index (χ2n) is 17.5. The zero-order valence-electron chi connectivity index (χ0n) is 34.9. The van der Waals surface area contributed by atoms with E-state index in [1.165, 1.54) is 104 Å². The van der Waals surface area contributed by atoms with E-state index < -0.39 is 10.8 Å². The molecule has 0 amide bonds. The SMILES string of the molecule is c1ccc(C2(c3ccccc3)c3ccccc3-c3ccc(N(c4ccc5sc6ccccc6c5c4)c4cccc5c4-c4ccccc4C54c5ccccc5-c5ccccc54)cc32)cc1. The van der Waals surface area contributed by atoms with Gasteiger partial charge in [-0.3, -0.25) is 0 Å². The van der Waals surface area contributed by atoms with Gasteiger partial charge in [0.15, 0.2) is 0 Å². The largest absolute Gasteiger partial charge is 0.310 e. The van der Waals surface area contributed by atoms with Crippen molar-refractivity contribution in [3.63, 3.8) is 0 Å². The Morgan fingerprint density at radius 3 is 1.42 bits per heavy atom. The third-order valence-corrected chi connectivity index (χ3v) is 15.7. The molecule has 0 bridgehead atoms. The summed E-state index contributed by atoms with van der Waals surface area (Å²) in [6, 6.07) is 89.0. The molecular weight excluding hydrogens is 791 g/mol. The highest BCUT2D eigenvalue weighted by Gasteiger charge is 2.52. The number of benzene rings is 10. The van der Waals surface area contributed by atoms with Gasteiger partial charge >= 0.3 is 0 Å². The fraction of sp³-hybridized carbons (Fsp3) is 0.0323. The van der Waals surface area contributed by atoms with Gasteiger partial charge in [-0.1, -0.05) is 194 Å². The van der Waals surface area contributed by atoms with Gasteiger partial charge in [0, 0.05) is 37.1 Å². The van der Waals surface area contributed by atoms with E-state index >= 15 is 0 Å². The first-order chi connectivity index (χ1) is 31.8. The van der Waals surface area contributed by atoms with Crippen LogP contribution < -0.4 is 4.90 Å². The molecule has 10 aromatic carbocycles. The Kier molecular flexibility index (Phi) is 7.47. The highest BCUT2D eigenvalue weighted by molar-refractivity contribution is 7.25. The van der Waals surface area contributed by atoms with Gasteiger partial charge in [0.05, 0.1) is 16.5 Å². The molecule has 0 aliphatic heterocycles. The van der Waals surface area contributed by atoms with E-state index in [9.17, 15) is 0 Å². The third kappa shape index (κ3) is 4.57. The Bertz CT molecular complexity index is 3610. The molecule has 64 heavy (non-hydrogen) atoms. The van der Waals surface area contributed by atoms with E-state index in [1.54, 1.807) is 0 Å². The van der Waals surface area contributed by atoms with Crippen molar-refractivity contribution in [2.45, 2.75) is 10.8 Å². The van der Waals surface area contributed by atoms with Gasteiger partial charge in [-0.15, -0.1) is 11.3 Å². The molecule has 1 aromatic heterocycles. The average Bonchev–Trinajstić information content (AvgIpc) is 4.07. The highest BCUT2D eigenvalue weighted by atomic mass is 32.1. The molecule has 11 aromatic rings. The van der Waals surface area contributed by atoms with Gasteiger partial charge in [0.1, 0.15) is 0 Å². The summed E-state index contributed by atoms with van der Waals surface area (Å²) in [5.41, 5.74) is 20.7. The van der Waals surface area contributed by atoms with E-state index in [4.69, 9.17) is 0 Å². The predicted octanol–water partition coefficient (Wildman–Crippen LogP) is 16.2. The summed E-state index contributed by atoms with van der Waals surface area (Å²) in [7, 11) is 0. The topological polar surface area (TPSA) is 3.24 Å². The summed E-state index contributed by atoms with van der Waals surface area (Å²) in [5.74, 6) is 0. The van der Waals surface area contributed by atoms with Gasteiger partial charge in [0.2, 0.25) is 0 Å². The second kappa shape index (κ2) is 13.4. The van der Waals surface area contributed by atoms with Crippen molar-refractivity contribution in [1.82, 2.24) is 0 Å². The number of hydrogen-bond donors (Lipinski definition) is 0. The Hall–Kier alpha value is -7.78. The summed E-state index contributed by atoms with van der Waals surface area (Å²) in [4.78, 5) is 2.57. The van der Waals surface area contributed by atoms with Crippen molar-refractivity contribution in [1.29, 1.82) is 0 Å². The maximum atomic E-state index is 2.57. The van der Waals surface area contributed by atoms with Crippen LogP contribution in [0.15, 0.2) is 237 Å². The van der Waals surface area contributed by atoms with Crippen LogP contribution in [0.4, 0.5) is 17.1 Å². The maximum absolute atomic E-state index is 2.57. The van der Waals surface area contributed by atoms with Crippen molar-refractivity contribution in [2.24, 2.45) is 0 Å². The summed E-state index contributed by atoms with van der Waals surface area (Å²) < 4.78 is 2.60. The molecule has 0 unspecified atom stereocenters. The Morgan fingerprint density at radius 1 is 0.297 bits per heavy atom. The minimum Gasteiger partial charge on any atom is -0.310 e. The van der Waals surface area contributed by atoms with Gasteiger partial charge in [-0.05, 0) is 115 Å². The smallest absolute Gasteiger partial charge is 0.0726 e. The minimum absolute atomic E-state index is 0.455. The van der Waals surface area contributed by atoms with Crippen molar-refractivity contribution in [2.75, 3.05) is 4.90 Å². The summed E-state index contributed by atoms with van der Waals surface area (Å²) >= 11 is 1.87. The molecule has 0 fully saturated rings. The fourth-order valence-corrected chi connectivity index (χ4v) is 13.2. The zero-order chi connectivity index (χ0) is 42.0. The van der Waals surface area contributed by atoms with Crippen LogP contribution in [0.2, 0.25) is 0 Å². The molecular formula is C62H39NS. The molecule has 1 nitrogen and oxygen atoms in total. The first-order valence-electron chi connectivity index (χ1n) is 22.3. The Morgan fingerprint density at radius 2 is 0.766 bits per heavy atom. The van der Waals surface area contributed by atoms with Crippen LogP contribution in [0.25, 0.3) is 53.6 Å². The standard InChI is InChI=1S/C62H39NS/c1-3-18-40(19-4-1)61(41-20-5-2-6-21-41)51-27-12-7-24-46(51)47-36-34-43(39-56(47)61)63(42-35-37-59-50(38-42)48-25-11-16-33-58(48)64-59)57-32-17-31-55-60(57)49-26-10-15-30-54(49)62(55)52-28-13-8-22-44(52)45-23-9-14-29-53(45)62/h1-39H. The van der Waals surface area contributed by atoms with Gasteiger partial charge in [0.25, 0.3) is 0 Å². The lowest BCUT2D eigenvalue weighted by atomic mass is 9.67. The van der Waals surface area contributed by atoms with Crippen LogP contribution in [0.3, 0.4) is 0 Å². The molecule has 1 spiro atoms. The van der Waals surface area contributed by atoms with Crippen LogP contribution in [0.5, 0.6) is 0 Å². The molecule has 298 valence electrons. The second-order valence-corrected chi connectivity index (χ2v) is 18.5. The van der Waals surface area contributed by atoms with Crippen LogP contribution in [-0.2, 0) is 10.8 Å². The van der Waals surface area contributed by atoms with Crippen molar-refractivity contribution in [3.8, 4) is 33.4 Å². The quantitative estimate of drug-likeness (QED) is 0.167. The Labute approximate surface area is 376 Å². The molecule has 2 heteroatoms. The van der Waals surface area contributed by atoms with Crippen LogP contribution in [0.1, 0.15) is 44.5 Å². The van der Waals surface area contributed by atoms with Gasteiger partial charge in [-0.25, -0.2) is 0 Å². The summed E-state index contributed by atoms with van der Waals surface area (Å²) in [6.45, 7) is 0. The highest BCUT2D eigenvalue weighted by Crippen LogP contribution is 2.65. The van der Waals surface area contributed by atoms with Crippen molar-refractivity contribution >= 4 is 48.6 Å². The molecule has 0 N–H and O–H groups in total. The van der Waals surface area contributed by atoms with E-state index in [1.807, 2.05) is 11.3 Å². The molecule has 14 rings (SSSR count). The Balaban J connectivity index is 1.09. The normalized spacial score (nSPS) is 14.2. The summed E-state index contributed by atoms with van der Waals surface area (Å²) in [6.07, 6.45) is 0. The van der Waals surface area contributed by atoms with Crippen LogP contribution >= 0.6 is 11.3 Å². The third-order valence-electron chi connectivity index (χ3n) is 14.6. The summed E-state index contributed by atoms with van der Waals surface area (Å²) in [5, 5.41) is 2.57. The number of nitrogens with zero attached hydrogens (tertiary/aromatic N) is 1.